The highest BCUT2D eigenvalue weighted by atomic mass is 35.5. The molecule has 0 radical (unpaired) electrons. The molecule has 1 aromatic rings. The van der Waals surface area contributed by atoms with Crippen molar-refractivity contribution in [2.24, 2.45) is 0 Å². The van der Waals surface area contributed by atoms with E-state index in [1.165, 1.54) is 18.5 Å². The summed E-state index contributed by atoms with van der Waals surface area (Å²) in [7, 11) is -3.51. The highest BCUT2D eigenvalue weighted by molar-refractivity contribution is 7.89. The Morgan fingerprint density at radius 2 is 2.06 bits per heavy atom. The van der Waals surface area contributed by atoms with Crippen LogP contribution in [0.15, 0.2) is 23.4 Å². The number of nitrogens with one attached hydrogen (secondary N) is 2. The smallest absolute Gasteiger partial charge is 0.242 e. The SMILES string of the molecule is CCCNCCNS(=O)(=O)c1cncc(Cl)c1. The van der Waals surface area contributed by atoms with Gasteiger partial charge < -0.3 is 5.32 Å². The summed E-state index contributed by atoms with van der Waals surface area (Å²) >= 11 is 5.69. The van der Waals surface area contributed by atoms with Gasteiger partial charge in [0.2, 0.25) is 10.0 Å². The number of nitrogens with zero attached hydrogens (tertiary/aromatic N) is 1. The van der Waals surface area contributed by atoms with Gasteiger partial charge >= 0.3 is 0 Å². The summed E-state index contributed by atoms with van der Waals surface area (Å²) in [5.74, 6) is 0. The summed E-state index contributed by atoms with van der Waals surface area (Å²) in [5.41, 5.74) is 0. The molecule has 96 valence electrons. The third-order valence-electron chi connectivity index (χ3n) is 2.01. The van der Waals surface area contributed by atoms with Crippen LogP contribution in [0.5, 0.6) is 0 Å². The van der Waals surface area contributed by atoms with E-state index in [0.717, 1.165) is 13.0 Å². The first kappa shape index (κ1) is 14.4. The number of hydrogen-bond donors (Lipinski definition) is 2. The third kappa shape index (κ3) is 4.99. The lowest BCUT2D eigenvalue weighted by atomic mass is 10.5. The van der Waals surface area contributed by atoms with Crippen LogP contribution >= 0.6 is 11.6 Å². The van der Waals surface area contributed by atoms with Gasteiger partial charge in [0.25, 0.3) is 0 Å². The maximum atomic E-state index is 11.8. The first-order valence-electron chi connectivity index (χ1n) is 5.37. The van der Waals surface area contributed by atoms with E-state index >= 15 is 0 Å². The van der Waals surface area contributed by atoms with E-state index in [4.69, 9.17) is 11.6 Å². The molecule has 0 bridgehead atoms. The maximum absolute atomic E-state index is 11.8. The molecule has 0 spiro atoms. The fourth-order valence-corrected chi connectivity index (χ4v) is 2.46. The van der Waals surface area contributed by atoms with Crippen molar-refractivity contribution in [3.05, 3.63) is 23.5 Å². The monoisotopic (exact) mass is 277 g/mol. The van der Waals surface area contributed by atoms with Gasteiger partial charge in [-0.15, -0.1) is 0 Å². The van der Waals surface area contributed by atoms with E-state index in [0.29, 0.717) is 18.1 Å². The third-order valence-corrected chi connectivity index (χ3v) is 3.65. The lowest BCUT2D eigenvalue weighted by Crippen LogP contribution is -2.32. The number of pyridine rings is 1. The summed E-state index contributed by atoms with van der Waals surface area (Å²) in [6.07, 6.45) is 3.68. The minimum Gasteiger partial charge on any atom is -0.315 e. The van der Waals surface area contributed by atoms with Crippen molar-refractivity contribution in [1.82, 2.24) is 15.0 Å². The number of hydrogen-bond acceptors (Lipinski definition) is 4. The standard InChI is InChI=1S/C10H16ClN3O2S/c1-2-3-12-4-5-14-17(15,16)10-6-9(11)7-13-8-10/h6-8,12,14H,2-5H2,1H3. The quantitative estimate of drug-likeness (QED) is 0.730. The van der Waals surface area contributed by atoms with Crippen LogP contribution in [0, 0.1) is 0 Å². The Hall–Kier alpha value is -0.690. The average molecular weight is 278 g/mol. The fourth-order valence-electron chi connectivity index (χ4n) is 1.20. The van der Waals surface area contributed by atoms with E-state index in [9.17, 15) is 8.42 Å². The molecule has 0 atom stereocenters. The lowest BCUT2D eigenvalue weighted by molar-refractivity contribution is 0.575. The molecule has 0 saturated heterocycles. The van der Waals surface area contributed by atoms with Crippen LogP contribution in [0.4, 0.5) is 0 Å². The molecule has 0 unspecified atom stereocenters. The minimum absolute atomic E-state index is 0.0838. The molecular formula is C10H16ClN3O2S. The van der Waals surface area contributed by atoms with E-state index < -0.39 is 10.0 Å². The molecule has 1 aromatic heterocycles. The van der Waals surface area contributed by atoms with E-state index in [2.05, 4.69) is 21.9 Å². The Labute approximate surface area is 107 Å². The molecule has 0 fully saturated rings. The van der Waals surface area contributed by atoms with Crippen molar-refractivity contribution in [3.8, 4) is 0 Å². The fraction of sp³-hybridized carbons (Fsp3) is 0.500. The van der Waals surface area contributed by atoms with Crippen molar-refractivity contribution in [2.75, 3.05) is 19.6 Å². The molecule has 0 aromatic carbocycles. The number of rotatable bonds is 7. The van der Waals surface area contributed by atoms with Gasteiger partial charge in [-0.2, -0.15) is 0 Å². The van der Waals surface area contributed by atoms with Crippen LogP contribution in [0.25, 0.3) is 0 Å². The van der Waals surface area contributed by atoms with Crippen LogP contribution < -0.4 is 10.0 Å². The summed E-state index contributed by atoms with van der Waals surface area (Å²) in [4.78, 5) is 3.83. The Balaban J connectivity index is 2.51. The number of halogens is 1. The zero-order chi connectivity index (χ0) is 12.7. The molecule has 17 heavy (non-hydrogen) atoms. The molecule has 5 nitrogen and oxygen atoms in total. The summed E-state index contributed by atoms with van der Waals surface area (Å²) in [6.45, 7) is 3.87. The highest BCUT2D eigenvalue weighted by Crippen LogP contribution is 2.12. The summed E-state index contributed by atoms with van der Waals surface area (Å²) < 4.78 is 26.0. The van der Waals surface area contributed by atoms with E-state index in [1.54, 1.807) is 0 Å². The zero-order valence-corrected chi connectivity index (χ0v) is 11.2. The number of sulfonamides is 1. The molecule has 0 aliphatic heterocycles. The predicted molar refractivity (Wildman–Crippen MR) is 67.6 cm³/mol. The van der Waals surface area contributed by atoms with Gasteiger partial charge in [-0.3, -0.25) is 4.98 Å². The lowest BCUT2D eigenvalue weighted by Gasteiger charge is -2.07. The van der Waals surface area contributed by atoms with Crippen LogP contribution in [0.2, 0.25) is 5.02 Å². The van der Waals surface area contributed by atoms with Gasteiger partial charge in [-0.25, -0.2) is 13.1 Å². The van der Waals surface area contributed by atoms with E-state index in [-0.39, 0.29) is 4.90 Å². The first-order valence-corrected chi connectivity index (χ1v) is 7.23. The zero-order valence-electron chi connectivity index (χ0n) is 9.61. The van der Waals surface area contributed by atoms with Crippen molar-refractivity contribution >= 4 is 21.6 Å². The van der Waals surface area contributed by atoms with Gasteiger partial charge in [-0.1, -0.05) is 18.5 Å². The Kier molecular flexibility index (Phi) is 5.84. The molecule has 1 rings (SSSR count). The second-order valence-electron chi connectivity index (χ2n) is 3.49. The first-order chi connectivity index (χ1) is 8.06. The van der Waals surface area contributed by atoms with Gasteiger partial charge in [0, 0.05) is 25.5 Å². The molecule has 0 aliphatic carbocycles. The van der Waals surface area contributed by atoms with Crippen molar-refractivity contribution in [1.29, 1.82) is 0 Å². The second-order valence-corrected chi connectivity index (χ2v) is 5.69. The van der Waals surface area contributed by atoms with Gasteiger partial charge in [-0.05, 0) is 19.0 Å². The van der Waals surface area contributed by atoms with Gasteiger partial charge in [0.1, 0.15) is 4.90 Å². The normalized spacial score (nSPS) is 11.6. The van der Waals surface area contributed by atoms with Crippen molar-refractivity contribution in [2.45, 2.75) is 18.2 Å². The van der Waals surface area contributed by atoms with Gasteiger partial charge in [0.15, 0.2) is 0 Å². The van der Waals surface area contributed by atoms with E-state index in [1.807, 2.05) is 0 Å². The predicted octanol–water partition coefficient (Wildman–Crippen LogP) is 1.01. The second kappa shape index (κ2) is 6.90. The minimum atomic E-state index is -3.51. The van der Waals surface area contributed by atoms with Gasteiger partial charge in [0.05, 0.1) is 5.02 Å². The molecule has 2 N–H and O–H groups in total. The number of aromatic nitrogens is 1. The maximum Gasteiger partial charge on any atom is 0.242 e. The average Bonchev–Trinajstić information content (AvgIpc) is 2.29. The summed E-state index contributed by atoms with van der Waals surface area (Å²) in [5, 5.41) is 3.40. The Bertz CT molecular complexity index is 451. The van der Waals surface area contributed by atoms with Crippen molar-refractivity contribution < 1.29 is 8.42 Å². The van der Waals surface area contributed by atoms with Crippen LogP contribution in [0.3, 0.4) is 0 Å². The van der Waals surface area contributed by atoms with Crippen LogP contribution in [-0.4, -0.2) is 33.0 Å². The molecular weight excluding hydrogens is 262 g/mol. The largest absolute Gasteiger partial charge is 0.315 e. The summed E-state index contributed by atoms with van der Waals surface area (Å²) in [6, 6.07) is 1.37. The molecule has 0 amide bonds. The van der Waals surface area contributed by atoms with Crippen molar-refractivity contribution in [3.63, 3.8) is 0 Å². The molecule has 0 saturated carbocycles. The molecule has 7 heteroatoms. The molecule has 0 aliphatic rings. The topological polar surface area (TPSA) is 71.1 Å². The van der Waals surface area contributed by atoms with Crippen LogP contribution in [-0.2, 0) is 10.0 Å². The highest BCUT2D eigenvalue weighted by Gasteiger charge is 2.13. The Morgan fingerprint density at radius 3 is 2.71 bits per heavy atom. The molecule has 1 heterocycles. The Morgan fingerprint density at radius 1 is 1.29 bits per heavy atom. The van der Waals surface area contributed by atoms with Crippen LogP contribution in [0.1, 0.15) is 13.3 Å².